The predicted octanol–water partition coefficient (Wildman–Crippen LogP) is 4.22. The first kappa shape index (κ1) is 26.0. The number of nitrogens with one attached hydrogen (secondary N) is 1. The Bertz CT molecular complexity index is 1470. The Hall–Kier alpha value is -3.07. The van der Waals surface area contributed by atoms with Crippen LogP contribution in [0.1, 0.15) is 11.3 Å². The van der Waals surface area contributed by atoms with Gasteiger partial charge in [0.05, 0.1) is 6.54 Å². The standard InChI is InChI=1S/C20H17N3O3S3.C2HF3O2/c24-20-16(22-29(25,26)19-10-13-3-1-2-4-17(13)28-19)6-8-23(20)12-15-9-14-11-21-7-5-18(14)27-15;3-2(4,5)1(6)7/h1-5,7,9-11,16,22H,6,8,12H2;(H,6,7)/t16-;/m0./s1. The van der Waals surface area contributed by atoms with E-state index in [2.05, 4.69) is 9.71 Å². The van der Waals surface area contributed by atoms with Crippen LogP contribution in [0, 0.1) is 0 Å². The topological polar surface area (TPSA) is 117 Å². The molecule has 14 heteroatoms. The SMILES string of the molecule is O=C(O)C(F)(F)F.O=C1[C@@H](NS(=O)(=O)c2cc3ccccc3s2)CCN1Cc1cc2cnccc2s1. The number of rotatable bonds is 5. The number of aromatic nitrogens is 1. The summed E-state index contributed by atoms with van der Waals surface area (Å²) in [7, 11) is -3.74. The average Bonchev–Trinajstić information content (AvgIpc) is 3.52. The predicted molar refractivity (Wildman–Crippen MR) is 129 cm³/mol. The van der Waals surface area contributed by atoms with Crippen molar-refractivity contribution < 1.29 is 36.3 Å². The molecule has 4 heterocycles. The van der Waals surface area contributed by atoms with Gasteiger partial charge in [-0.25, -0.2) is 13.2 Å². The van der Waals surface area contributed by atoms with E-state index in [-0.39, 0.29) is 10.1 Å². The number of hydrogen-bond donors (Lipinski definition) is 2. The fourth-order valence-electron chi connectivity index (χ4n) is 3.55. The Kier molecular flexibility index (Phi) is 7.31. The molecule has 0 radical (unpaired) electrons. The molecule has 4 aromatic rings. The number of carboxylic acid groups (broad SMARTS) is 1. The van der Waals surface area contributed by atoms with Gasteiger partial charge in [0.2, 0.25) is 5.91 Å². The van der Waals surface area contributed by atoms with Crippen LogP contribution in [0.3, 0.4) is 0 Å². The maximum Gasteiger partial charge on any atom is 0.490 e. The summed E-state index contributed by atoms with van der Waals surface area (Å²) in [5.74, 6) is -2.93. The maximum atomic E-state index is 12.8. The zero-order chi connectivity index (χ0) is 26.1. The lowest BCUT2D eigenvalue weighted by Crippen LogP contribution is -2.40. The molecule has 0 aliphatic carbocycles. The van der Waals surface area contributed by atoms with E-state index >= 15 is 0 Å². The van der Waals surface area contributed by atoms with E-state index in [0.29, 0.717) is 19.5 Å². The van der Waals surface area contributed by atoms with E-state index < -0.39 is 28.2 Å². The van der Waals surface area contributed by atoms with Crippen LogP contribution in [0.25, 0.3) is 20.2 Å². The highest BCUT2D eigenvalue weighted by atomic mass is 32.2. The van der Waals surface area contributed by atoms with Crippen molar-refractivity contribution in [2.45, 2.75) is 29.4 Å². The van der Waals surface area contributed by atoms with Gasteiger partial charge >= 0.3 is 12.1 Å². The Morgan fingerprint density at radius 3 is 2.50 bits per heavy atom. The molecule has 190 valence electrons. The van der Waals surface area contributed by atoms with Gasteiger partial charge in [0.1, 0.15) is 10.3 Å². The van der Waals surface area contributed by atoms with E-state index in [1.54, 1.807) is 28.5 Å². The third-order valence-corrected chi connectivity index (χ3v) is 9.38. The summed E-state index contributed by atoms with van der Waals surface area (Å²) in [6.45, 7) is 1.02. The molecule has 0 unspecified atom stereocenters. The van der Waals surface area contributed by atoms with Crippen molar-refractivity contribution >= 4 is 64.7 Å². The van der Waals surface area contributed by atoms with Gasteiger partial charge in [-0.2, -0.15) is 17.9 Å². The molecule has 1 aliphatic rings. The average molecular weight is 558 g/mol. The third kappa shape index (κ3) is 5.83. The minimum absolute atomic E-state index is 0.176. The summed E-state index contributed by atoms with van der Waals surface area (Å²) in [6.07, 6.45) is -1.05. The van der Waals surface area contributed by atoms with Crippen molar-refractivity contribution in [2.24, 2.45) is 0 Å². The molecule has 1 fully saturated rings. The molecular weight excluding hydrogens is 539 g/mol. The number of benzene rings is 1. The Labute approximate surface area is 211 Å². The number of amides is 1. The molecule has 1 aromatic carbocycles. The molecule has 1 aliphatic heterocycles. The fraction of sp³-hybridized carbons (Fsp3) is 0.227. The van der Waals surface area contributed by atoms with Crippen molar-refractivity contribution in [3.8, 4) is 0 Å². The van der Waals surface area contributed by atoms with Crippen molar-refractivity contribution in [1.29, 1.82) is 0 Å². The summed E-state index contributed by atoms with van der Waals surface area (Å²) in [5.41, 5.74) is 0. The van der Waals surface area contributed by atoms with Gasteiger partial charge in [-0.15, -0.1) is 22.7 Å². The second-order valence-electron chi connectivity index (χ2n) is 7.75. The number of carboxylic acids is 1. The summed E-state index contributed by atoms with van der Waals surface area (Å²) in [4.78, 5) is 28.6. The van der Waals surface area contributed by atoms with Gasteiger partial charge in [-0.3, -0.25) is 9.78 Å². The minimum atomic E-state index is -5.08. The normalized spacial score (nSPS) is 16.4. The third-order valence-electron chi connectivity index (χ3n) is 5.22. The van der Waals surface area contributed by atoms with Crippen LogP contribution >= 0.6 is 22.7 Å². The second kappa shape index (κ2) is 10.1. The Morgan fingerprint density at radius 2 is 1.83 bits per heavy atom. The van der Waals surface area contributed by atoms with Crippen LogP contribution in [0.2, 0.25) is 0 Å². The molecule has 1 atom stereocenters. The van der Waals surface area contributed by atoms with E-state index in [0.717, 1.165) is 25.0 Å². The maximum absolute atomic E-state index is 12.8. The number of hydrogen-bond acceptors (Lipinski definition) is 7. The molecule has 0 bridgehead atoms. The summed E-state index contributed by atoms with van der Waals surface area (Å²) in [6, 6.07) is 12.5. The monoisotopic (exact) mass is 557 g/mol. The first-order chi connectivity index (χ1) is 16.9. The Morgan fingerprint density at radius 1 is 1.14 bits per heavy atom. The molecule has 0 saturated carbocycles. The quantitative estimate of drug-likeness (QED) is 0.380. The molecule has 36 heavy (non-hydrogen) atoms. The lowest BCUT2D eigenvalue weighted by molar-refractivity contribution is -0.192. The van der Waals surface area contributed by atoms with Crippen molar-refractivity contribution in [3.05, 3.63) is 59.7 Å². The lowest BCUT2D eigenvalue weighted by Gasteiger charge is -2.16. The molecule has 3 aromatic heterocycles. The number of aliphatic carboxylic acids is 1. The number of sulfonamides is 1. The number of alkyl halides is 3. The highest BCUT2D eigenvalue weighted by Gasteiger charge is 2.38. The molecule has 1 amide bonds. The van der Waals surface area contributed by atoms with Crippen LogP contribution in [0.5, 0.6) is 0 Å². The largest absolute Gasteiger partial charge is 0.490 e. The van der Waals surface area contributed by atoms with Crippen molar-refractivity contribution in [2.75, 3.05) is 6.54 Å². The number of fused-ring (bicyclic) bond motifs is 2. The molecular formula is C22H18F3N3O5S3. The van der Waals surface area contributed by atoms with Gasteiger partial charge in [0, 0.05) is 38.6 Å². The van der Waals surface area contributed by atoms with Gasteiger partial charge in [-0.05, 0) is 36.1 Å². The van der Waals surface area contributed by atoms with Crippen molar-refractivity contribution in [1.82, 2.24) is 14.6 Å². The highest BCUT2D eigenvalue weighted by Crippen LogP contribution is 2.30. The van der Waals surface area contributed by atoms with Crippen LogP contribution in [-0.2, 0) is 26.2 Å². The summed E-state index contributed by atoms with van der Waals surface area (Å²) in [5, 5.41) is 9.07. The second-order valence-corrected chi connectivity index (χ2v) is 11.9. The van der Waals surface area contributed by atoms with E-state index in [1.165, 1.54) is 11.3 Å². The number of halogens is 3. The van der Waals surface area contributed by atoms with Gasteiger partial charge in [0.15, 0.2) is 0 Å². The number of likely N-dealkylation sites (tertiary alicyclic amines) is 1. The lowest BCUT2D eigenvalue weighted by atomic mass is 10.3. The number of carbonyl (C=O) groups excluding carboxylic acids is 1. The molecule has 0 spiro atoms. The summed E-state index contributed by atoms with van der Waals surface area (Å²) >= 11 is 2.84. The van der Waals surface area contributed by atoms with Crippen molar-refractivity contribution in [3.63, 3.8) is 0 Å². The Balaban J connectivity index is 0.000000384. The van der Waals surface area contributed by atoms with Crippen LogP contribution in [0.15, 0.2) is 59.1 Å². The van der Waals surface area contributed by atoms with Gasteiger partial charge in [-0.1, -0.05) is 18.2 Å². The molecule has 1 saturated heterocycles. The molecule has 2 N–H and O–H groups in total. The van der Waals surface area contributed by atoms with Crippen LogP contribution < -0.4 is 4.72 Å². The first-order valence-corrected chi connectivity index (χ1v) is 13.5. The zero-order valence-electron chi connectivity index (χ0n) is 18.2. The molecule has 5 rings (SSSR count). The van der Waals surface area contributed by atoms with E-state index in [4.69, 9.17) is 9.90 Å². The molecule has 8 nitrogen and oxygen atoms in total. The van der Waals surface area contributed by atoms with Gasteiger partial charge < -0.3 is 10.0 Å². The highest BCUT2D eigenvalue weighted by molar-refractivity contribution is 7.91. The smallest absolute Gasteiger partial charge is 0.475 e. The number of carbonyl (C=O) groups is 2. The van der Waals surface area contributed by atoms with Crippen LogP contribution in [0.4, 0.5) is 13.2 Å². The fourth-order valence-corrected chi connectivity index (χ4v) is 7.23. The number of thiophene rings is 2. The number of pyridine rings is 1. The zero-order valence-corrected chi connectivity index (χ0v) is 20.7. The summed E-state index contributed by atoms with van der Waals surface area (Å²) < 4.78 is 62.2. The van der Waals surface area contributed by atoms with E-state index in [1.807, 2.05) is 42.6 Å². The first-order valence-electron chi connectivity index (χ1n) is 10.4. The van der Waals surface area contributed by atoms with Crippen LogP contribution in [-0.4, -0.2) is 54.0 Å². The number of nitrogens with zero attached hydrogens (tertiary/aromatic N) is 2. The van der Waals surface area contributed by atoms with E-state index in [9.17, 15) is 26.4 Å². The minimum Gasteiger partial charge on any atom is -0.475 e. The van der Waals surface area contributed by atoms with Gasteiger partial charge in [0.25, 0.3) is 10.0 Å².